The van der Waals surface area contributed by atoms with Crippen molar-refractivity contribution in [1.82, 2.24) is 30.0 Å². The molecular formula is C26H34N8O2. The van der Waals surface area contributed by atoms with Crippen molar-refractivity contribution >= 4 is 28.7 Å². The van der Waals surface area contributed by atoms with Gasteiger partial charge in [0.25, 0.3) is 5.91 Å². The van der Waals surface area contributed by atoms with E-state index in [1.165, 1.54) is 32.1 Å². The van der Waals surface area contributed by atoms with Gasteiger partial charge in [0.2, 0.25) is 5.95 Å². The van der Waals surface area contributed by atoms with Gasteiger partial charge in [-0.15, -0.1) is 0 Å². The molecule has 2 saturated carbocycles. The molecule has 1 amide bonds. The molecule has 3 aromatic rings. The van der Waals surface area contributed by atoms with Gasteiger partial charge in [0.15, 0.2) is 5.82 Å². The highest BCUT2D eigenvalue weighted by atomic mass is 16.5. The van der Waals surface area contributed by atoms with E-state index in [0.29, 0.717) is 40.5 Å². The maximum Gasteiger partial charge on any atom is 0.251 e. The van der Waals surface area contributed by atoms with E-state index in [1.54, 1.807) is 19.4 Å². The number of aromatic nitrogens is 4. The second-order valence-electron chi connectivity index (χ2n) is 10.9. The number of carbonyl (C=O) groups excluding carboxylic acids is 1. The standard InChI is InChI=1S/C26H34N8O2/c1-33-14-19(15-33)30-24(35)17-4-5-18(21(8-17)36-2)13-34-22-20(12-29-34)31-25(27)32-23(22)28-11-16-9-26(10-16)6-3-7-26/h4-5,8,12,16,19H,3,6-7,9-11,13-15H2,1-2H3,(H,30,35)(H3,27,28,31,32). The zero-order valence-electron chi connectivity index (χ0n) is 21.0. The first-order chi connectivity index (χ1) is 17.4. The molecule has 1 saturated heterocycles. The van der Waals surface area contributed by atoms with E-state index in [1.807, 2.05) is 23.9 Å². The van der Waals surface area contributed by atoms with E-state index in [9.17, 15) is 4.79 Å². The summed E-state index contributed by atoms with van der Waals surface area (Å²) >= 11 is 0. The minimum absolute atomic E-state index is 0.0856. The average Bonchev–Trinajstić information content (AvgIpc) is 3.18. The van der Waals surface area contributed by atoms with Crippen molar-refractivity contribution < 1.29 is 9.53 Å². The Morgan fingerprint density at radius 2 is 2.06 bits per heavy atom. The molecule has 0 unspecified atom stereocenters. The summed E-state index contributed by atoms with van der Waals surface area (Å²) in [5, 5.41) is 11.2. The first kappa shape index (κ1) is 23.0. The highest BCUT2D eigenvalue weighted by Crippen LogP contribution is 2.58. The molecule has 0 radical (unpaired) electrons. The first-order valence-corrected chi connectivity index (χ1v) is 12.8. The van der Waals surface area contributed by atoms with E-state index in [0.717, 1.165) is 30.7 Å². The van der Waals surface area contributed by atoms with Gasteiger partial charge in [-0.25, -0.2) is 4.98 Å². The summed E-state index contributed by atoms with van der Waals surface area (Å²) in [4.78, 5) is 23.7. The fraction of sp³-hybridized carbons (Fsp3) is 0.538. The molecule has 3 heterocycles. The molecule has 0 atom stereocenters. The second kappa shape index (κ2) is 8.92. The molecule has 3 aliphatic rings. The third-order valence-corrected chi connectivity index (χ3v) is 8.19. The Bertz CT molecular complexity index is 1290. The molecule has 1 spiro atoms. The number of nitrogens with two attached hydrogens (primary N) is 1. The zero-order chi connectivity index (χ0) is 24.9. The van der Waals surface area contributed by atoms with Gasteiger partial charge in [-0.3, -0.25) is 9.48 Å². The Morgan fingerprint density at radius 3 is 2.75 bits per heavy atom. The van der Waals surface area contributed by atoms with E-state index >= 15 is 0 Å². The van der Waals surface area contributed by atoms with Gasteiger partial charge < -0.3 is 26.0 Å². The number of amides is 1. The zero-order valence-corrected chi connectivity index (χ0v) is 21.0. The van der Waals surface area contributed by atoms with Gasteiger partial charge in [-0.05, 0) is 56.2 Å². The van der Waals surface area contributed by atoms with Gasteiger partial charge in [-0.2, -0.15) is 10.1 Å². The molecule has 0 bridgehead atoms. The maximum absolute atomic E-state index is 12.7. The number of anilines is 2. The van der Waals surface area contributed by atoms with Crippen molar-refractivity contribution in [2.45, 2.75) is 44.7 Å². The molecule has 6 rings (SSSR count). The second-order valence-corrected chi connectivity index (χ2v) is 10.9. The Kier molecular flexibility index (Phi) is 5.70. The van der Waals surface area contributed by atoms with E-state index < -0.39 is 0 Å². The minimum atomic E-state index is -0.0856. The Balaban J connectivity index is 1.19. The summed E-state index contributed by atoms with van der Waals surface area (Å²) in [5.41, 5.74) is 9.66. The minimum Gasteiger partial charge on any atom is -0.496 e. The van der Waals surface area contributed by atoms with E-state index in [4.69, 9.17) is 10.5 Å². The number of ether oxygens (including phenoxy) is 1. The molecule has 2 aromatic heterocycles. The van der Waals surface area contributed by atoms with E-state index in [-0.39, 0.29) is 17.9 Å². The number of methoxy groups -OCH3 is 1. The number of nitrogen functional groups attached to an aromatic ring is 1. The Labute approximate surface area is 210 Å². The van der Waals surface area contributed by atoms with Crippen LogP contribution in [0.5, 0.6) is 5.75 Å². The topological polar surface area (TPSA) is 123 Å². The molecule has 1 aromatic carbocycles. The number of fused-ring (bicyclic) bond motifs is 1. The monoisotopic (exact) mass is 490 g/mol. The summed E-state index contributed by atoms with van der Waals surface area (Å²) < 4.78 is 7.52. The molecule has 36 heavy (non-hydrogen) atoms. The summed E-state index contributed by atoms with van der Waals surface area (Å²) in [6, 6.07) is 5.74. The van der Waals surface area contributed by atoms with Gasteiger partial charge in [0.05, 0.1) is 25.9 Å². The predicted octanol–water partition coefficient (Wildman–Crippen LogP) is 2.50. The number of likely N-dealkylation sites (N-methyl/N-ethyl adjacent to an activating group) is 1. The molecule has 3 fully saturated rings. The fourth-order valence-corrected chi connectivity index (χ4v) is 6.13. The van der Waals surface area contributed by atoms with Crippen LogP contribution in [0.25, 0.3) is 11.0 Å². The molecule has 4 N–H and O–H groups in total. The third-order valence-electron chi connectivity index (χ3n) is 8.19. The number of hydrogen-bond acceptors (Lipinski definition) is 8. The highest BCUT2D eigenvalue weighted by Gasteiger charge is 2.47. The lowest BCUT2D eigenvalue weighted by Gasteiger charge is -2.54. The van der Waals surface area contributed by atoms with Crippen LogP contribution in [0.2, 0.25) is 0 Å². The number of nitrogens with zero attached hydrogens (tertiary/aromatic N) is 5. The Morgan fingerprint density at radius 1 is 1.25 bits per heavy atom. The van der Waals surface area contributed by atoms with Crippen molar-refractivity contribution in [2.24, 2.45) is 11.3 Å². The number of benzene rings is 1. The third kappa shape index (κ3) is 4.23. The lowest BCUT2D eigenvalue weighted by Crippen LogP contribution is -2.57. The van der Waals surface area contributed by atoms with Gasteiger partial charge in [0.1, 0.15) is 16.8 Å². The lowest BCUT2D eigenvalue weighted by atomic mass is 9.52. The molecule has 190 valence electrons. The molecule has 10 nitrogen and oxygen atoms in total. The SMILES string of the molecule is COc1cc(C(=O)NC2CN(C)C2)ccc1Cn1ncc2nc(N)nc(NCC3CC4(CCC4)C3)c21. The van der Waals surface area contributed by atoms with Crippen LogP contribution in [-0.4, -0.2) is 70.4 Å². The summed E-state index contributed by atoms with van der Waals surface area (Å²) in [6.07, 6.45) is 8.49. The van der Waals surface area contributed by atoms with Crippen molar-refractivity contribution in [3.05, 3.63) is 35.5 Å². The number of nitrogens with one attached hydrogen (secondary N) is 2. The number of hydrogen-bond donors (Lipinski definition) is 3. The van der Waals surface area contributed by atoms with Crippen LogP contribution in [0.15, 0.2) is 24.4 Å². The fourth-order valence-electron chi connectivity index (χ4n) is 6.13. The van der Waals surface area contributed by atoms with Crippen LogP contribution in [0.4, 0.5) is 11.8 Å². The van der Waals surface area contributed by atoms with Crippen LogP contribution >= 0.6 is 0 Å². The van der Waals surface area contributed by atoms with Crippen LogP contribution < -0.4 is 21.1 Å². The summed E-state index contributed by atoms with van der Waals surface area (Å²) in [6.45, 7) is 3.08. The number of rotatable bonds is 8. The molecule has 2 aliphatic carbocycles. The number of likely N-dealkylation sites (tertiary alicyclic amines) is 1. The van der Waals surface area contributed by atoms with Crippen LogP contribution in [-0.2, 0) is 6.54 Å². The molecular weight excluding hydrogens is 456 g/mol. The van der Waals surface area contributed by atoms with Crippen molar-refractivity contribution in [2.75, 3.05) is 44.8 Å². The predicted molar refractivity (Wildman–Crippen MR) is 138 cm³/mol. The Hall–Kier alpha value is -3.40. The summed E-state index contributed by atoms with van der Waals surface area (Å²) in [7, 11) is 3.66. The van der Waals surface area contributed by atoms with Crippen molar-refractivity contribution in [1.29, 1.82) is 0 Å². The van der Waals surface area contributed by atoms with Gasteiger partial charge >= 0.3 is 0 Å². The highest BCUT2D eigenvalue weighted by molar-refractivity contribution is 5.95. The normalized spacial score (nSPS) is 19.5. The smallest absolute Gasteiger partial charge is 0.251 e. The molecule has 10 heteroatoms. The van der Waals surface area contributed by atoms with Gasteiger partial charge in [-0.1, -0.05) is 12.5 Å². The summed E-state index contributed by atoms with van der Waals surface area (Å²) in [5.74, 6) is 2.18. The number of carbonyl (C=O) groups is 1. The lowest BCUT2D eigenvalue weighted by molar-refractivity contribution is -0.0185. The van der Waals surface area contributed by atoms with Crippen molar-refractivity contribution in [3.8, 4) is 5.75 Å². The van der Waals surface area contributed by atoms with E-state index in [2.05, 4.69) is 30.6 Å². The van der Waals surface area contributed by atoms with Gasteiger partial charge in [0, 0.05) is 30.8 Å². The maximum atomic E-state index is 12.7. The average molecular weight is 491 g/mol. The van der Waals surface area contributed by atoms with Crippen LogP contribution in [0.3, 0.4) is 0 Å². The quantitative estimate of drug-likeness (QED) is 0.440. The van der Waals surface area contributed by atoms with Crippen LogP contribution in [0.1, 0.15) is 48.0 Å². The van der Waals surface area contributed by atoms with Crippen molar-refractivity contribution in [3.63, 3.8) is 0 Å². The largest absolute Gasteiger partial charge is 0.496 e. The molecule has 1 aliphatic heterocycles. The van der Waals surface area contributed by atoms with Crippen LogP contribution in [0, 0.1) is 11.3 Å². The first-order valence-electron chi connectivity index (χ1n) is 12.8.